The molecule has 0 radical (unpaired) electrons. The van der Waals surface area contributed by atoms with E-state index in [9.17, 15) is 13.2 Å². The summed E-state index contributed by atoms with van der Waals surface area (Å²) in [5, 5.41) is 3.10. The summed E-state index contributed by atoms with van der Waals surface area (Å²) in [6, 6.07) is 3.34. The van der Waals surface area contributed by atoms with E-state index in [1.54, 1.807) is 0 Å². The fraction of sp³-hybridized carbons (Fsp3) is 0.214. The van der Waals surface area contributed by atoms with E-state index in [1.807, 2.05) is 6.92 Å². The zero-order valence-electron chi connectivity index (χ0n) is 10.6. The van der Waals surface area contributed by atoms with E-state index in [0.29, 0.717) is 17.7 Å². The minimum Gasteiger partial charge on any atom is -0.306 e. The van der Waals surface area contributed by atoms with Crippen LogP contribution in [0.15, 0.2) is 35.1 Å². The van der Waals surface area contributed by atoms with Crippen LogP contribution in [0.3, 0.4) is 0 Å². The first-order valence-corrected chi connectivity index (χ1v) is 6.81. The van der Waals surface area contributed by atoms with Crippen LogP contribution in [-0.4, -0.2) is 11.5 Å². The fourth-order valence-electron chi connectivity index (χ4n) is 1.96. The second-order valence-electron chi connectivity index (χ2n) is 4.19. The Morgan fingerprint density at radius 1 is 1.25 bits per heavy atom. The van der Waals surface area contributed by atoms with Crippen molar-refractivity contribution in [1.82, 2.24) is 10.3 Å². The number of rotatable bonds is 4. The molecule has 1 aromatic heterocycles. The highest BCUT2D eigenvalue weighted by atomic mass is 79.9. The Morgan fingerprint density at radius 2 is 2.00 bits per heavy atom. The predicted octanol–water partition coefficient (Wildman–Crippen LogP) is 3.96. The molecule has 6 heteroatoms. The molecule has 0 saturated heterocycles. The van der Waals surface area contributed by atoms with Crippen LogP contribution in [0.1, 0.15) is 24.1 Å². The summed E-state index contributed by atoms with van der Waals surface area (Å²) in [6.07, 6.45) is 2.58. The number of hydrogen-bond donors (Lipinski definition) is 1. The molecular formula is C14H12BrF3N2. The molecule has 1 N–H and O–H groups in total. The Kier molecular flexibility index (Phi) is 4.77. The average Bonchev–Trinajstić information content (AvgIpc) is 2.43. The minimum atomic E-state index is -0.963. The lowest BCUT2D eigenvalue weighted by Gasteiger charge is -2.20. The normalized spacial score (nSPS) is 12.4. The number of pyridine rings is 1. The highest BCUT2D eigenvalue weighted by Crippen LogP contribution is 2.31. The highest BCUT2D eigenvalue weighted by molar-refractivity contribution is 9.10. The largest absolute Gasteiger partial charge is 0.306 e. The molecule has 0 bridgehead atoms. The molecule has 0 amide bonds. The van der Waals surface area contributed by atoms with Gasteiger partial charge in [0.2, 0.25) is 0 Å². The lowest BCUT2D eigenvalue weighted by molar-refractivity contribution is 0.498. The van der Waals surface area contributed by atoms with Gasteiger partial charge in [-0.1, -0.05) is 13.0 Å². The standard InChI is InChI=1S/C14H12BrF3N2/c1-2-20-14(8-5-9(16)7-19-6-8)10-3-4-11(17)13(18)12(10)15/h3-7,14,20H,2H2,1H3. The van der Waals surface area contributed by atoms with E-state index in [4.69, 9.17) is 0 Å². The van der Waals surface area contributed by atoms with E-state index < -0.39 is 23.5 Å². The van der Waals surface area contributed by atoms with Gasteiger partial charge in [-0.2, -0.15) is 0 Å². The lowest BCUT2D eigenvalue weighted by atomic mass is 10.00. The van der Waals surface area contributed by atoms with Gasteiger partial charge in [-0.15, -0.1) is 0 Å². The van der Waals surface area contributed by atoms with E-state index in [2.05, 4.69) is 26.2 Å². The van der Waals surface area contributed by atoms with Crippen molar-refractivity contribution in [3.05, 3.63) is 63.6 Å². The molecule has 0 aliphatic heterocycles. The second-order valence-corrected chi connectivity index (χ2v) is 4.98. The molecule has 0 aliphatic rings. The van der Waals surface area contributed by atoms with Crippen molar-refractivity contribution >= 4 is 15.9 Å². The SMILES string of the molecule is CCNC(c1cncc(F)c1)c1ccc(F)c(F)c1Br. The molecule has 1 unspecified atom stereocenters. The lowest BCUT2D eigenvalue weighted by Crippen LogP contribution is -2.23. The molecule has 0 aliphatic carbocycles. The van der Waals surface area contributed by atoms with Crippen molar-refractivity contribution in [3.8, 4) is 0 Å². The molecule has 1 heterocycles. The quantitative estimate of drug-likeness (QED) is 0.849. The van der Waals surface area contributed by atoms with E-state index >= 15 is 0 Å². The van der Waals surface area contributed by atoms with Crippen molar-refractivity contribution in [2.45, 2.75) is 13.0 Å². The van der Waals surface area contributed by atoms with Gasteiger partial charge in [0, 0.05) is 6.20 Å². The molecule has 106 valence electrons. The fourth-order valence-corrected chi connectivity index (χ4v) is 2.51. The molecule has 2 aromatic rings. The summed E-state index contributed by atoms with van der Waals surface area (Å²) in [7, 11) is 0. The van der Waals surface area contributed by atoms with Crippen molar-refractivity contribution in [2.75, 3.05) is 6.54 Å². The molecule has 2 nitrogen and oxygen atoms in total. The average molecular weight is 345 g/mol. The number of benzene rings is 1. The Morgan fingerprint density at radius 3 is 2.65 bits per heavy atom. The van der Waals surface area contributed by atoms with Gasteiger partial charge in [-0.05, 0) is 45.7 Å². The van der Waals surface area contributed by atoms with Crippen LogP contribution in [0.2, 0.25) is 0 Å². The van der Waals surface area contributed by atoms with E-state index in [-0.39, 0.29) is 4.47 Å². The summed E-state index contributed by atoms with van der Waals surface area (Å²) in [4.78, 5) is 3.78. The first-order valence-electron chi connectivity index (χ1n) is 6.01. The summed E-state index contributed by atoms with van der Waals surface area (Å²) in [6.45, 7) is 2.44. The highest BCUT2D eigenvalue weighted by Gasteiger charge is 2.20. The molecule has 0 fully saturated rings. The zero-order valence-corrected chi connectivity index (χ0v) is 12.2. The van der Waals surface area contributed by atoms with Gasteiger partial charge in [0.1, 0.15) is 5.82 Å². The number of nitrogens with zero attached hydrogens (tertiary/aromatic N) is 1. The van der Waals surface area contributed by atoms with Crippen LogP contribution in [-0.2, 0) is 0 Å². The maximum atomic E-state index is 13.6. The Balaban J connectivity index is 2.51. The van der Waals surface area contributed by atoms with Crippen LogP contribution in [0, 0.1) is 17.5 Å². The Labute approximate surface area is 123 Å². The van der Waals surface area contributed by atoms with Gasteiger partial charge in [0.25, 0.3) is 0 Å². The summed E-state index contributed by atoms with van der Waals surface area (Å²) in [5.74, 6) is -2.38. The Hall–Kier alpha value is -1.40. The summed E-state index contributed by atoms with van der Waals surface area (Å²) < 4.78 is 40.1. The third-order valence-electron chi connectivity index (χ3n) is 2.84. The Bertz CT molecular complexity index is 619. The molecule has 1 aromatic carbocycles. The van der Waals surface area contributed by atoms with Crippen LogP contribution < -0.4 is 5.32 Å². The predicted molar refractivity (Wildman–Crippen MR) is 73.8 cm³/mol. The first-order chi connectivity index (χ1) is 9.54. The van der Waals surface area contributed by atoms with Gasteiger partial charge in [0.05, 0.1) is 16.7 Å². The minimum absolute atomic E-state index is 0.0210. The van der Waals surface area contributed by atoms with Crippen molar-refractivity contribution in [2.24, 2.45) is 0 Å². The van der Waals surface area contributed by atoms with Crippen molar-refractivity contribution in [1.29, 1.82) is 0 Å². The molecular weight excluding hydrogens is 333 g/mol. The maximum Gasteiger partial charge on any atom is 0.173 e. The third kappa shape index (κ3) is 3.02. The monoisotopic (exact) mass is 344 g/mol. The summed E-state index contributed by atoms with van der Waals surface area (Å²) in [5.41, 5.74) is 1.02. The molecule has 1 atom stereocenters. The zero-order chi connectivity index (χ0) is 14.7. The number of hydrogen-bond acceptors (Lipinski definition) is 2. The number of halogens is 4. The van der Waals surface area contributed by atoms with Crippen LogP contribution in [0.4, 0.5) is 13.2 Å². The van der Waals surface area contributed by atoms with Crippen molar-refractivity contribution < 1.29 is 13.2 Å². The molecule has 0 spiro atoms. The van der Waals surface area contributed by atoms with Gasteiger partial charge < -0.3 is 5.32 Å². The van der Waals surface area contributed by atoms with Crippen LogP contribution in [0.25, 0.3) is 0 Å². The van der Waals surface area contributed by atoms with E-state index in [1.165, 1.54) is 18.3 Å². The van der Waals surface area contributed by atoms with Crippen molar-refractivity contribution in [3.63, 3.8) is 0 Å². The first kappa shape index (κ1) is 15.0. The number of aromatic nitrogens is 1. The van der Waals surface area contributed by atoms with Crippen LogP contribution >= 0.6 is 15.9 Å². The van der Waals surface area contributed by atoms with Crippen LogP contribution in [0.5, 0.6) is 0 Å². The van der Waals surface area contributed by atoms with Gasteiger partial charge >= 0.3 is 0 Å². The topological polar surface area (TPSA) is 24.9 Å². The molecule has 2 rings (SSSR count). The smallest absolute Gasteiger partial charge is 0.173 e. The van der Waals surface area contributed by atoms with Gasteiger partial charge in [-0.25, -0.2) is 13.2 Å². The van der Waals surface area contributed by atoms with Gasteiger partial charge in [-0.3, -0.25) is 4.98 Å². The van der Waals surface area contributed by atoms with Gasteiger partial charge in [0.15, 0.2) is 11.6 Å². The second kappa shape index (κ2) is 6.37. The maximum absolute atomic E-state index is 13.6. The molecule has 20 heavy (non-hydrogen) atoms. The molecule has 0 saturated carbocycles. The third-order valence-corrected chi connectivity index (χ3v) is 3.65. The van der Waals surface area contributed by atoms with E-state index in [0.717, 1.165) is 12.3 Å². The number of nitrogens with one attached hydrogen (secondary N) is 1. The summed E-state index contributed by atoms with van der Waals surface area (Å²) >= 11 is 3.05.